The van der Waals surface area contributed by atoms with Crippen LogP contribution in [0, 0.1) is 10.1 Å². The van der Waals surface area contributed by atoms with E-state index in [1.165, 1.54) is 6.07 Å². The van der Waals surface area contributed by atoms with Crippen molar-refractivity contribution in [1.29, 1.82) is 0 Å². The van der Waals surface area contributed by atoms with Gasteiger partial charge in [-0.1, -0.05) is 0 Å². The Morgan fingerprint density at radius 2 is 2.33 bits per heavy atom. The number of nitro benzene ring substituents is 1. The largest absolute Gasteiger partial charge is 0.380 e. The predicted octanol–water partition coefficient (Wildman–Crippen LogP) is 1.94. The van der Waals surface area contributed by atoms with Gasteiger partial charge >= 0.3 is 0 Å². The fourth-order valence-electron chi connectivity index (χ4n) is 2.28. The topological polar surface area (TPSA) is 93.5 Å². The second-order valence-corrected chi connectivity index (χ2v) is 4.86. The first-order valence-electron chi connectivity index (χ1n) is 7.04. The van der Waals surface area contributed by atoms with Crippen molar-refractivity contribution < 1.29 is 14.5 Å². The van der Waals surface area contributed by atoms with Crippen LogP contribution < -0.4 is 10.6 Å². The quantitative estimate of drug-likeness (QED) is 0.617. The van der Waals surface area contributed by atoms with Gasteiger partial charge < -0.3 is 15.4 Å². The molecule has 1 unspecified atom stereocenters. The normalized spacial score (nSPS) is 17.5. The Balaban J connectivity index is 2.06. The van der Waals surface area contributed by atoms with E-state index in [0.29, 0.717) is 18.8 Å². The zero-order valence-electron chi connectivity index (χ0n) is 11.9. The number of carbonyl (C=O) groups excluding carboxylic acids is 1. The molecule has 1 aliphatic rings. The molecular formula is C14H19N3O4. The molecule has 1 fully saturated rings. The van der Waals surface area contributed by atoms with Crippen molar-refractivity contribution in [2.24, 2.45) is 0 Å². The van der Waals surface area contributed by atoms with E-state index in [2.05, 4.69) is 10.6 Å². The summed E-state index contributed by atoms with van der Waals surface area (Å²) in [5.41, 5.74) is 0.598. The Kier molecular flexibility index (Phi) is 5.10. The van der Waals surface area contributed by atoms with Gasteiger partial charge in [0.15, 0.2) is 0 Å². The highest BCUT2D eigenvalue weighted by Gasteiger charge is 2.19. The summed E-state index contributed by atoms with van der Waals surface area (Å²) in [5, 5.41) is 16.7. The van der Waals surface area contributed by atoms with E-state index in [4.69, 9.17) is 4.74 Å². The summed E-state index contributed by atoms with van der Waals surface area (Å²) in [6.07, 6.45) is 1.98. The minimum atomic E-state index is -0.491. The van der Waals surface area contributed by atoms with E-state index < -0.39 is 4.92 Å². The van der Waals surface area contributed by atoms with Crippen molar-refractivity contribution in [3.8, 4) is 0 Å². The molecule has 2 N–H and O–H groups in total. The lowest BCUT2D eigenvalue weighted by Gasteiger charge is -2.11. The average Bonchev–Trinajstić information content (AvgIpc) is 2.98. The minimum absolute atomic E-state index is 0.0463. The van der Waals surface area contributed by atoms with Gasteiger partial charge in [-0.05, 0) is 31.9 Å². The predicted molar refractivity (Wildman–Crippen MR) is 78.6 cm³/mol. The number of carbonyl (C=O) groups is 1. The monoisotopic (exact) mass is 293 g/mol. The molecule has 1 aliphatic heterocycles. The van der Waals surface area contributed by atoms with Crippen LogP contribution in [0.2, 0.25) is 0 Å². The molecule has 0 saturated carbocycles. The number of nitrogens with zero attached hydrogens (tertiary/aromatic N) is 1. The summed E-state index contributed by atoms with van der Waals surface area (Å²) in [6.45, 7) is 3.59. The maximum absolute atomic E-state index is 12.0. The molecule has 7 heteroatoms. The average molecular weight is 293 g/mol. The van der Waals surface area contributed by atoms with Gasteiger partial charge in [0.05, 0.1) is 11.0 Å². The molecule has 0 bridgehead atoms. The lowest BCUT2D eigenvalue weighted by molar-refractivity contribution is -0.384. The molecule has 114 valence electrons. The molecule has 7 nitrogen and oxygen atoms in total. The smallest absolute Gasteiger partial charge is 0.293 e. The molecule has 1 aromatic rings. The first kappa shape index (κ1) is 15.2. The van der Waals surface area contributed by atoms with Crippen LogP contribution in [-0.2, 0) is 4.74 Å². The van der Waals surface area contributed by atoms with Gasteiger partial charge in [0.25, 0.3) is 11.6 Å². The molecule has 1 amide bonds. The Hall–Kier alpha value is -2.15. The van der Waals surface area contributed by atoms with Crippen molar-refractivity contribution in [1.82, 2.24) is 5.32 Å². The first-order chi connectivity index (χ1) is 10.1. The van der Waals surface area contributed by atoms with Gasteiger partial charge in [-0.25, -0.2) is 0 Å². The van der Waals surface area contributed by atoms with E-state index in [0.717, 1.165) is 19.4 Å². The molecular weight excluding hydrogens is 274 g/mol. The van der Waals surface area contributed by atoms with Crippen LogP contribution in [0.25, 0.3) is 0 Å². The minimum Gasteiger partial charge on any atom is -0.380 e. The summed E-state index contributed by atoms with van der Waals surface area (Å²) >= 11 is 0. The molecule has 1 aromatic carbocycles. The molecule has 0 aromatic heterocycles. The number of amides is 1. The zero-order chi connectivity index (χ0) is 15.2. The van der Waals surface area contributed by atoms with Crippen LogP contribution in [0.3, 0.4) is 0 Å². The van der Waals surface area contributed by atoms with Crippen molar-refractivity contribution >= 4 is 17.3 Å². The number of rotatable bonds is 6. The number of ether oxygens (including phenoxy) is 1. The highest BCUT2D eigenvalue weighted by atomic mass is 16.6. The van der Waals surface area contributed by atoms with E-state index in [1.807, 2.05) is 6.92 Å². The fraction of sp³-hybridized carbons (Fsp3) is 0.500. The van der Waals surface area contributed by atoms with Crippen molar-refractivity contribution in [2.75, 3.05) is 25.0 Å². The molecule has 1 heterocycles. The Labute approximate surface area is 122 Å². The van der Waals surface area contributed by atoms with Gasteiger partial charge in [0.1, 0.15) is 5.69 Å². The number of hydrogen-bond donors (Lipinski definition) is 2. The fourth-order valence-corrected chi connectivity index (χ4v) is 2.28. The third-order valence-corrected chi connectivity index (χ3v) is 3.34. The van der Waals surface area contributed by atoms with E-state index >= 15 is 0 Å². The third-order valence-electron chi connectivity index (χ3n) is 3.34. The first-order valence-corrected chi connectivity index (χ1v) is 7.04. The van der Waals surface area contributed by atoms with Gasteiger partial charge in [-0.3, -0.25) is 14.9 Å². The van der Waals surface area contributed by atoms with E-state index in [1.54, 1.807) is 12.1 Å². The van der Waals surface area contributed by atoms with Gasteiger partial charge in [0, 0.05) is 31.3 Å². The van der Waals surface area contributed by atoms with Crippen LogP contribution >= 0.6 is 0 Å². The lowest BCUT2D eigenvalue weighted by Crippen LogP contribution is -2.31. The number of nitrogens with one attached hydrogen (secondary N) is 2. The van der Waals surface area contributed by atoms with Crippen molar-refractivity contribution in [2.45, 2.75) is 25.9 Å². The summed E-state index contributed by atoms with van der Waals surface area (Å²) in [7, 11) is 0. The van der Waals surface area contributed by atoms with Gasteiger partial charge in [0.2, 0.25) is 0 Å². The summed E-state index contributed by atoms with van der Waals surface area (Å²) in [6, 6.07) is 4.43. The Bertz CT molecular complexity index is 527. The molecule has 0 spiro atoms. The highest BCUT2D eigenvalue weighted by molar-refractivity contribution is 5.95. The van der Waals surface area contributed by atoms with Crippen molar-refractivity contribution in [3.63, 3.8) is 0 Å². The van der Waals surface area contributed by atoms with Crippen molar-refractivity contribution in [3.05, 3.63) is 33.9 Å². The van der Waals surface area contributed by atoms with E-state index in [9.17, 15) is 14.9 Å². The summed E-state index contributed by atoms with van der Waals surface area (Å²) in [4.78, 5) is 22.6. The van der Waals surface area contributed by atoms with Crippen LogP contribution in [0.15, 0.2) is 18.2 Å². The van der Waals surface area contributed by atoms with Crippen LogP contribution in [0.5, 0.6) is 0 Å². The summed E-state index contributed by atoms with van der Waals surface area (Å²) < 4.78 is 5.42. The second-order valence-electron chi connectivity index (χ2n) is 4.86. The number of anilines is 1. The Morgan fingerprint density at radius 3 is 2.95 bits per heavy atom. The molecule has 21 heavy (non-hydrogen) atoms. The zero-order valence-corrected chi connectivity index (χ0v) is 11.9. The molecule has 1 saturated heterocycles. The molecule has 2 rings (SSSR count). The SMILES string of the molecule is CCNc1ccc(C(=O)NCC2CCCO2)cc1[N+](=O)[O-]. The standard InChI is InChI=1S/C14H19N3O4/c1-2-15-12-6-5-10(8-13(12)17(19)20)14(18)16-9-11-4-3-7-21-11/h5-6,8,11,15H,2-4,7,9H2,1H3,(H,16,18). The maximum Gasteiger partial charge on any atom is 0.293 e. The van der Waals surface area contributed by atoms with Gasteiger partial charge in [-0.15, -0.1) is 0 Å². The second kappa shape index (κ2) is 7.03. The Morgan fingerprint density at radius 1 is 1.52 bits per heavy atom. The van der Waals surface area contributed by atoms with E-state index in [-0.39, 0.29) is 23.3 Å². The molecule has 1 atom stereocenters. The van der Waals surface area contributed by atoms with Gasteiger partial charge in [-0.2, -0.15) is 0 Å². The lowest BCUT2D eigenvalue weighted by atomic mass is 10.1. The van der Waals surface area contributed by atoms with Crippen LogP contribution in [0.4, 0.5) is 11.4 Å². The number of hydrogen-bond acceptors (Lipinski definition) is 5. The number of benzene rings is 1. The number of nitro groups is 1. The van der Waals surface area contributed by atoms with Crippen LogP contribution in [0.1, 0.15) is 30.1 Å². The summed E-state index contributed by atoms with van der Waals surface area (Å²) in [5.74, 6) is -0.323. The highest BCUT2D eigenvalue weighted by Crippen LogP contribution is 2.25. The molecule has 0 aliphatic carbocycles. The van der Waals surface area contributed by atoms with Crippen LogP contribution in [-0.4, -0.2) is 36.6 Å². The molecule has 0 radical (unpaired) electrons. The maximum atomic E-state index is 12.0. The third kappa shape index (κ3) is 3.91.